The number of hydrogen-bond donors (Lipinski definition) is 1. The first kappa shape index (κ1) is 14.9. The van der Waals surface area contributed by atoms with Crippen molar-refractivity contribution in [2.75, 3.05) is 26.2 Å². The van der Waals surface area contributed by atoms with E-state index in [0.29, 0.717) is 0 Å². The minimum atomic E-state index is 0.0961. The predicted octanol–water partition coefficient (Wildman–Crippen LogP) is 2.19. The second kappa shape index (κ2) is 7.90. The molecule has 1 heterocycles. The molecule has 1 fully saturated rings. The number of para-hydroxylation sites is 1. The second-order valence-electron chi connectivity index (χ2n) is 5.16. The standard InChI is InChI=1S/C16H24N2O2/c1-2-9-17-12-14-7-3-4-8-15(14)20-13-16(19)18-10-5-6-11-18/h3-4,7-8,17H,2,5-6,9-13H2,1H3. The van der Waals surface area contributed by atoms with Crippen LogP contribution in [-0.2, 0) is 11.3 Å². The number of nitrogens with one attached hydrogen (secondary N) is 1. The molecule has 1 saturated heterocycles. The Bertz CT molecular complexity index is 428. The van der Waals surface area contributed by atoms with E-state index >= 15 is 0 Å². The Morgan fingerprint density at radius 2 is 2.05 bits per heavy atom. The molecule has 1 amide bonds. The van der Waals surface area contributed by atoms with Crippen molar-refractivity contribution in [3.8, 4) is 5.75 Å². The Morgan fingerprint density at radius 3 is 2.80 bits per heavy atom. The molecule has 1 N–H and O–H groups in total. The van der Waals surface area contributed by atoms with Crippen molar-refractivity contribution in [1.82, 2.24) is 10.2 Å². The average Bonchev–Trinajstić information content (AvgIpc) is 3.00. The molecular formula is C16H24N2O2. The van der Waals surface area contributed by atoms with Gasteiger partial charge in [-0.25, -0.2) is 0 Å². The van der Waals surface area contributed by atoms with Crippen LogP contribution < -0.4 is 10.1 Å². The Labute approximate surface area is 121 Å². The van der Waals surface area contributed by atoms with Gasteiger partial charge in [-0.05, 0) is 31.9 Å². The first-order valence-corrected chi connectivity index (χ1v) is 7.50. The third-order valence-corrected chi connectivity index (χ3v) is 3.52. The molecule has 0 aromatic heterocycles. The summed E-state index contributed by atoms with van der Waals surface area (Å²) in [5.74, 6) is 0.905. The van der Waals surface area contributed by atoms with Crippen molar-refractivity contribution in [3.05, 3.63) is 29.8 Å². The summed E-state index contributed by atoms with van der Waals surface area (Å²) in [6, 6.07) is 7.91. The van der Waals surface area contributed by atoms with Crippen LogP contribution in [0.4, 0.5) is 0 Å². The molecule has 4 heteroatoms. The van der Waals surface area contributed by atoms with Gasteiger partial charge in [0.15, 0.2) is 6.61 Å². The number of nitrogens with zero attached hydrogens (tertiary/aromatic N) is 1. The smallest absolute Gasteiger partial charge is 0.260 e. The normalized spacial score (nSPS) is 14.6. The summed E-state index contributed by atoms with van der Waals surface area (Å²) >= 11 is 0. The zero-order valence-corrected chi connectivity index (χ0v) is 12.2. The lowest BCUT2D eigenvalue weighted by molar-refractivity contribution is -0.132. The number of benzene rings is 1. The van der Waals surface area contributed by atoms with Gasteiger partial charge in [-0.3, -0.25) is 4.79 Å². The fraction of sp³-hybridized carbons (Fsp3) is 0.562. The zero-order chi connectivity index (χ0) is 14.2. The van der Waals surface area contributed by atoms with Gasteiger partial charge >= 0.3 is 0 Å². The van der Waals surface area contributed by atoms with Crippen LogP contribution in [0.2, 0.25) is 0 Å². The lowest BCUT2D eigenvalue weighted by Crippen LogP contribution is -2.32. The monoisotopic (exact) mass is 276 g/mol. The van der Waals surface area contributed by atoms with Gasteiger partial charge in [-0.1, -0.05) is 25.1 Å². The Morgan fingerprint density at radius 1 is 1.30 bits per heavy atom. The number of ether oxygens (including phenoxy) is 1. The van der Waals surface area contributed by atoms with Crippen molar-refractivity contribution in [3.63, 3.8) is 0 Å². The minimum Gasteiger partial charge on any atom is -0.483 e. The topological polar surface area (TPSA) is 41.6 Å². The molecule has 0 spiro atoms. The summed E-state index contributed by atoms with van der Waals surface area (Å²) in [5.41, 5.74) is 1.11. The van der Waals surface area contributed by atoms with Crippen molar-refractivity contribution in [2.24, 2.45) is 0 Å². The number of likely N-dealkylation sites (tertiary alicyclic amines) is 1. The maximum Gasteiger partial charge on any atom is 0.260 e. The Balaban J connectivity index is 1.86. The van der Waals surface area contributed by atoms with Crippen LogP contribution in [0.5, 0.6) is 5.75 Å². The quantitative estimate of drug-likeness (QED) is 0.776. The van der Waals surface area contributed by atoms with E-state index in [1.54, 1.807) is 0 Å². The molecule has 0 saturated carbocycles. The van der Waals surface area contributed by atoms with Crippen LogP contribution in [0.3, 0.4) is 0 Å². The van der Waals surface area contributed by atoms with Crippen LogP contribution >= 0.6 is 0 Å². The summed E-state index contributed by atoms with van der Waals surface area (Å²) in [5, 5.41) is 3.36. The number of hydrogen-bond acceptors (Lipinski definition) is 3. The maximum atomic E-state index is 12.0. The van der Waals surface area contributed by atoms with Crippen LogP contribution in [-0.4, -0.2) is 37.0 Å². The number of rotatable bonds is 7. The lowest BCUT2D eigenvalue weighted by atomic mass is 10.2. The molecule has 4 nitrogen and oxygen atoms in total. The van der Waals surface area contributed by atoms with Gasteiger partial charge in [0.1, 0.15) is 5.75 Å². The summed E-state index contributed by atoms with van der Waals surface area (Å²) < 4.78 is 5.71. The molecular weight excluding hydrogens is 252 g/mol. The first-order chi connectivity index (χ1) is 9.81. The molecule has 0 unspecified atom stereocenters. The van der Waals surface area contributed by atoms with E-state index in [0.717, 1.165) is 56.8 Å². The molecule has 20 heavy (non-hydrogen) atoms. The number of carbonyl (C=O) groups excluding carboxylic acids is 1. The summed E-state index contributed by atoms with van der Waals surface area (Å²) in [6.07, 6.45) is 3.34. The minimum absolute atomic E-state index is 0.0961. The average molecular weight is 276 g/mol. The number of amides is 1. The molecule has 1 aromatic rings. The molecule has 0 aliphatic carbocycles. The van der Waals surface area contributed by atoms with E-state index in [9.17, 15) is 4.79 Å². The van der Waals surface area contributed by atoms with E-state index in [4.69, 9.17) is 4.74 Å². The molecule has 2 rings (SSSR count). The molecule has 1 aliphatic rings. The van der Waals surface area contributed by atoms with Gasteiger partial charge in [0.25, 0.3) is 5.91 Å². The van der Waals surface area contributed by atoms with Crippen molar-refractivity contribution in [2.45, 2.75) is 32.7 Å². The van der Waals surface area contributed by atoms with Gasteiger partial charge in [0.2, 0.25) is 0 Å². The van der Waals surface area contributed by atoms with Gasteiger partial charge in [-0.15, -0.1) is 0 Å². The third kappa shape index (κ3) is 4.23. The molecule has 1 aromatic carbocycles. The SMILES string of the molecule is CCCNCc1ccccc1OCC(=O)N1CCCC1. The largest absolute Gasteiger partial charge is 0.483 e. The first-order valence-electron chi connectivity index (χ1n) is 7.50. The Kier molecular flexibility index (Phi) is 5.87. The molecule has 0 radical (unpaired) electrons. The molecule has 1 aliphatic heterocycles. The van der Waals surface area contributed by atoms with Gasteiger partial charge in [0.05, 0.1) is 0 Å². The van der Waals surface area contributed by atoms with E-state index in [2.05, 4.69) is 12.2 Å². The highest BCUT2D eigenvalue weighted by atomic mass is 16.5. The Hall–Kier alpha value is -1.55. The number of carbonyl (C=O) groups is 1. The van der Waals surface area contributed by atoms with E-state index in [1.165, 1.54) is 0 Å². The van der Waals surface area contributed by atoms with Gasteiger partial charge in [-0.2, -0.15) is 0 Å². The van der Waals surface area contributed by atoms with Gasteiger partial charge < -0.3 is 15.0 Å². The molecule has 0 bridgehead atoms. The van der Waals surface area contributed by atoms with Gasteiger partial charge in [0, 0.05) is 25.2 Å². The summed E-state index contributed by atoms with van der Waals surface area (Å²) in [7, 11) is 0. The van der Waals surface area contributed by atoms with Crippen LogP contribution in [0.15, 0.2) is 24.3 Å². The van der Waals surface area contributed by atoms with Crippen LogP contribution in [0.1, 0.15) is 31.7 Å². The maximum absolute atomic E-state index is 12.0. The van der Waals surface area contributed by atoms with Crippen molar-refractivity contribution in [1.29, 1.82) is 0 Å². The fourth-order valence-electron chi connectivity index (χ4n) is 2.39. The van der Waals surface area contributed by atoms with E-state index < -0.39 is 0 Å². The van der Waals surface area contributed by atoms with Crippen LogP contribution in [0, 0.1) is 0 Å². The van der Waals surface area contributed by atoms with E-state index in [-0.39, 0.29) is 12.5 Å². The predicted molar refractivity (Wildman–Crippen MR) is 79.7 cm³/mol. The molecule has 0 atom stereocenters. The van der Waals surface area contributed by atoms with Crippen molar-refractivity contribution >= 4 is 5.91 Å². The highest BCUT2D eigenvalue weighted by Crippen LogP contribution is 2.18. The van der Waals surface area contributed by atoms with Crippen molar-refractivity contribution < 1.29 is 9.53 Å². The van der Waals surface area contributed by atoms with Crippen LogP contribution in [0.25, 0.3) is 0 Å². The highest BCUT2D eigenvalue weighted by Gasteiger charge is 2.18. The fourth-order valence-corrected chi connectivity index (χ4v) is 2.39. The second-order valence-corrected chi connectivity index (χ2v) is 5.16. The summed E-state index contributed by atoms with van der Waals surface area (Å²) in [4.78, 5) is 13.9. The lowest BCUT2D eigenvalue weighted by Gasteiger charge is -2.17. The zero-order valence-electron chi connectivity index (χ0n) is 12.2. The summed E-state index contributed by atoms with van der Waals surface area (Å²) in [6.45, 7) is 5.81. The molecule has 110 valence electrons. The highest BCUT2D eigenvalue weighted by molar-refractivity contribution is 5.78. The third-order valence-electron chi connectivity index (χ3n) is 3.52. The van der Waals surface area contributed by atoms with E-state index in [1.807, 2.05) is 29.2 Å².